The number of hydrogen-bond donors (Lipinski definition) is 1. The van der Waals surface area contributed by atoms with Crippen LogP contribution in [0.2, 0.25) is 10.0 Å². The number of aromatic hydroxyl groups is 1. The average Bonchev–Trinajstić information content (AvgIpc) is 3.05. The van der Waals surface area contributed by atoms with Crippen LogP contribution in [0.4, 0.5) is 0 Å². The van der Waals surface area contributed by atoms with E-state index >= 15 is 0 Å². The number of alkyl halides is 1. The highest BCUT2D eigenvalue weighted by Gasteiger charge is 2.35. The van der Waals surface area contributed by atoms with Crippen molar-refractivity contribution >= 4 is 34.8 Å². The molecule has 0 radical (unpaired) electrons. The molecule has 0 aliphatic rings. The number of ether oxygens (including phenoxy) is 1. The first-order valence-corrected chi connectivity index (χ1v) is 13.7. The fourth-order valence-corrected chi connectivity index (χ4v) is 3.99. The second-order valence-corrected chi connectivity index (χ2v) is 9.55. The van der Waals surface area contributed by atoms with Crippen LogP contribution in [0, 0.1) is 131 Å². The number of terminal acetylenes is 1. The van der Waals surface area contributed by atoms with Crippen molar-refractivity contribution in [3.8, 4) is 142 Å². The minimum absolute atomic E-state index is 0.0703. The van der Waals surface area contributed by atoms with Gasteiger partial charge in [0.05, 0.1) is 0 Å². The molecule has 5 heteroatoms. The zero-order valence-electron chi connectivity index (χ0n) is 23.4. The Labute approximate surface area is 284 Å². The molecule has 0 spiro atoms. The number of benzene rings is 3. The molecule has 0 aliphatic heterocycles. The zero-order chi connectivity index (χ0) is 32.9. The lowest BCUT2D eigenvalue weighted by molar-refractivity contribution is 0.463. The average molecular weight is 644 g/mol. The van der Waals surface area contributed by atoms with E-state index in [4.69, 9.17) is 46.0 Å². The summed E-state index contributed by atoms with van der Waals surface area (Å²) < 4.78 is 5.50. The fourth-order valence-electron chi connectivity index (χ4n) is 3.38. The molecule has 0 heterocycles. The van der Waals surface area contributed by atoms with Crippen molar-refractivity contribution in [1.82, 2.24) is 0 Å². The summed E-state index contributed by atoms with van der Waals surface area (Å²) in [6.07, 6.45) is 7.42. The van der Waals surface area contributed by atoms with Crippen LogP contribution >= 0.6 is 34.8 Å². The molecule has 0 aliphatic carbocycles. The Kier molecular flexibility index (Phi) is 13.8. The molecule has 2 nitrogen and oxygen atoms in total. The maximum atomic E-state index is 10.5. The van der Waals surface area contributed by atoms with Gasteiger partial charge in [0, 0.05) is 87.2 Å². The van der Waals surface area contributed by atoms with Crippen molar-refractivity contribution in [1.29, 1.82) is 0 Å². The molecule has 0 unspecified atom stereocenters. The van der Waals surface area contributed by atoms with Crippen LogP contribution < -0.4 is 4.74 Å². The van der Waals surface area contributed by atoms with E-state index in [0.29, 0.717) is 15.6 Å². The van der Waals surface area contributed by atoms with Gasteiger partial charge in [-0.1, -0.05) is 47.5 Å². The number of halogens is 3. The number of rotatable bonds is 4. The first-order chi connectivity index (χ1) is 22.4. The van der Waals surface area contributed by atoms with Gasteiger partial charge < -0.3 is 9.84 Å². The number of phenolic OH excluding ortho intramolecular Hbond substituents is 1. The molecule has 0 amide bonds. The van der Waals surface area contributed by atoms with Gasteiger partial charge in [-0.2, -0.15) is 0 Å². The second-order valence-electron chi connectivity index (χ2n) is 8.11. The minimum atomic E-state index is -1.20. The normalized spacial score (nSPS) is 7.96. The molecule has 3 rings (SSSR count). The summed E-state index contributed by atoms with van der Waals surface area (Å²) in [5.41, 5.74) is 1.97. The molecule has 3 aromatic carbocycles. The highest BCUT2D eigenvalue weighted by molar-refractivity contribution is 6.31. The lowest BCUT2D eigenvalue weighted by Gasteiger charge is -2.29. The maximum absolute atomic E-state index is 10.5. The minimum Gasteiger partial charge on any atom is -0.508 e. The monoisotopic (exact) mass is 642 g/mol. The van der Waals surface area contributed by atoms with E-state index in [-0.39, 0.29) is 11.5 Å². The van der Waals surface area contributed by atoms with Gasteiger partial charge in [-0.15, -0.1) is 18.0 Å². The maximum Gasteiger partial charge on any atom is 0.144 e. The van der Waals surface area contributed by atoms with E-state index in [1.54, 1.807) is 36.4 Å². The predicted octanol–water partition coefficient (Wildman–Crippen LogP) is 6.23. The Morgan fingerprint density at radius 1 is 0.500 bits per heavy atom. The Morgan fingerprint density at radius 2 is 0.870 bits per heavy atom. The molecule has 0 saturated heterocycles. The summed E-state index contributed by atoms with van der Waals surface area (Å²) in [6.45, 7) is 0. The number of hydrogen-bond acceptors (Lipinski definition) is 2. The Hall–Kier alpha value is -6.71. The lowest BCUT2D eigenvalue weighted by atomic mass is 9.84. The van der Waals surface area contributed by atoms with Crippen molar-refractivity contribution in [3.05, 3.63) is 93.5 Å². The van der Waals surface area contributed by atoms with Crippen LogP contribution in [-0.4, -0.2) is 5.11 Å². The summed E-state index contributed by atoms with van der Waals surface area (Å²) in [4.78, 5) is -1.20. The van der Waals surface area contributed by atoms with Gasteiger partial charge in [0.2, 0.25) is 0 Å². The fraction of sp³-hybridized carbons (Fsp3) is 0.0244. The summed E-state index contributed by atoms with van der Waals surface area (Å²) in [5, 5.41) is 11.6. The van der Waals surface area contributed by atoms with Crippen molar-refractivity contribution < 1.29 is 9.84 Å². The Morgan fingerprint density at radius 3 is 1.26 bits per heavy atom. The first kappa shape index (κ1) is 33.8. The van der Waals surface area contributed by atoms with Crippen LogP contribution in [0.3, 0.4) is 0 Å². The Bertz CT molecular complexity index is 2280. The van der Waals surface area contributed by atoms with Gasteiger partial charge in [-0.05, 0) is 100 Å². The molecule has 46 heavy (non-hydrogen) atoms. The van der Waals surface area contributed by atoms with E-state index in [0.717, 1.165) is 11.1 Å². The molecular weight excluding hydrogens is 631 g/mol. The molecule has 1 N–H and O–H groups in total. The van der Waals surface area contributed by atoms with Gasteiger partial charge in [0.25, 0.3) is 0 Å². The number of phenols is 1. The molecule has 0 atom stereocenters. The van der Waals surface area contributed by atoms with E-state index < -0.39 is 4.87 Å². The van der Waals surface area contributed by atoms with Gasteiger partial charge >= 0.3 is 0 Å². The highest BCUT2D eigenvalue weighted by Crippen LogP contribution is 2.45. The third-order valence-electron chi connectivity index (χ3n) is 5.19. The van der Waals surface area contributed by atoms with Gasteiger partial charge in [0.1, 0.15) is 22.5 Å². The van der Waals surface area contributed by atoms with Crippen LogP contribution in [0.1, 0.15) is 16.7 Å². The second kappa shape index (κ2) is 18.7. The highest BCUT2D eigenvalue weighted by atomic mass is 35.5. The topological polar surface area (TPSA) is 29.5 Å². The molecule has 0 fully saturated rings. The molecule has 3 aromatic rings. The van der Waals surface area contributed by atoms with Crippen LogP contribution in [0.25, 0.3) is 0 Å². The van der Waals surface area contributed by atoms with Crippen LogP contribution in [0.5, 0.6) is 11.5 Å². The van der Waals surface area contributed by atoms with E-state index in [9.17, 15) is 5.11 Å². The van der Waals surface area contributed by atoms with Crippen molar-refractivity contribution in [2.75, 3.05) is 0 Å². The SMILES string of the molecule is C#CC#CC#CC#CC#CC#CC#CC#CC#CC#CC#COc1cc(O)cc(C(Cl)(c2ccc(Cl)cc2)c2ccc(Cl)cc2)c1. The van der Waals surface area contributed by atoms with Gasteiger partial charge in [0.15, 0.2) is 0 Å². The van der Waals surface area contributed by atoms with E-state index in [1.165, 1.54) is 6.07 Å². The van der Waals surface area contributed by atoms with Crippen molar-refractivity contribution in [2.24, 2.45) is 0 Å². The van der Waals surface area contributed by atoms with Crippen molar-refractivity contribution in [3.63, 3.8) is 0 Å². The molecule has 0 bridgehead atoms. The van der Waals surface area contributed by atoms with Crippen LogP contribution in [-0.2, 0) is 4.87 Å². The van der Waals surface area contributed by atoms with Gasteiger partial charge in [-0.25, -0.2) is 0 Å². The predicted molar refractivity (Wildman–Crippen MR) is 184 cm³/mol. The molecule has 210 valence electrons. The molecule has 0 saturated carbocycles. The van der Waals surface area contributed by atoms with Crippen LogP contribution in [0.15, 0.2) is 66.7 Å². The summed E-state index contributed by atoms with van der Waals surface area (Å²) in [7, 11) is 0. The molecular formula is C41H13Cl3O2. The molecule has 0 aromatic heterocycles. The van der Waals surface area contributed by atoms with E-state index in [2.05, 4.69) is 125 Å². The smallest absolute Gasteiger partial charge is 0.144 e. The van der Waals surface area contributed by atoms with Crippen molar-refractivity contribution in [2.45, 2.75) is 4.87 Å². The standard InChI is InChI=1S/C41H13Cl3O2/c1-2-3-4-5-6-7-8-9-10-11-12-13-14-15-16-17-18-19-20-21-30-46-40-32-36(31-39(45)33-40)41(44,34-22-26-37(42)27-23-34)35-24-28-38(43)29-25-35/h1,22-29,31-33,45H. The Balaban J connectivity index is 1.66. The third-order valence-corrected chi connectivity index (χ3v) is 6.35. The summed E-state index contributed by atoms with van der Waals surface area (Å²) in [5.74, 6) is 49.6. The lowest BCUT2D eigenvalue weighted by Crippen LogP contribution is -2.22. The summed E-state index contributed by atoms with van der Waals surface area (Å²) in [6, 6.07) is 18.8. The largest absolute Gasteiger partial charge is 0.508 e. The third kappa shape index (κ3) is 11.2. The quantitative estimate of drug-likeness (QED) is 0.208. The summed E-state index contributed by atoms with van der Waals surface area (Å²) >= 11 is 19.5. The first-order valence-electron chi connectivity index (χ1n) is 12.6. The zero-order valence-corrected chi connectivity index (χ0v) is 25.7. The van der Waals surface area contributed by atoms with E-state index in [1.807, 2.05) is 24.3 Å². The van der Waals surface area contributed by atoms with Gasteiger partial charge in [-0.3, -0.25) is 0 Å².